The third-order valence-corrected chi connectivity index (χ3v) is 7.53. The Morgan fingerprint density at radius 1 is 0.971 bits per heavy atom. The lowest BCUT2D eigenvalue weighted by Gasteiger charge is -2.28. The second kappa shape index (κ2) is 10.7. The zero-order chi connectivity index (χ0) is 24.8. The molecule has 3 aromatic carbocycles. The number of anilines is 1. The van der Waals surface area contributed by atoms with Crippen molar-refractivity contribution in [1.29, 1.82) is 0 Å². The lowest BCUT2D eigenvalue weighted by Crippen LogP contribution is -2.36. The van der Waals surface area contributed by atoms with Gasteiger partial charge in [-0.1, -0.05) is 30.3 Å². The smallest absolute Gasteiger partial charge is 0.251 e. The number of rotatable bonds is 8. The molecule has 0 spiro atoms. The molecule has 1 heterocycles. The van der Waals surface area contributed by atoms with Crippen LogP contribution in [-0.2, 0) is 27.8 Å². The van der Waals surface area contributed by atoms with Crippen LogP contribution in [0.5, 0.6) is 5.75 Å². The number of carbonyl (C=O) groups excluding carboxylic acids is 2. The number of ether oxygens (including phenoxy) is 1. The van der Waals surface area contributed by atoms with E-state index in [0.29, 0.717) is 37.6 Å². The molecule has 0 saturated heterocycles. The van der Waals surface area contributed by atoms with Crippen LogP contribution in [0.4, 0.5) is 5.69 Å². The SMILES string of the molecule is CCOc1ccc(NC(=O)CNC(=O)c2cccc(S(=O)(=O)N3CCc4ccccc4C3)c2)cc1. The monoisotopic (exact) mass is 493 g/mol. The summed E-state index contributed by atoms with van der Waals surface area (Å²) >= 11 is 0. The number of hydrogen-bond acceptors (Lipinski definition) is 5. The summed E-state index contributed by atoms with van der Waals surface area (Å²) in [7, 11) is -3.78. The highest BCUT2D eigenvalue weighted by atomic mass is 32.2. The Kier molecular flexibility index (Phi) is 7.48. The Hall–Kier alpha value is -3.69. The summed E-state index contributed by atoms with van der Waals surface area (Å²) in [4.78, 5) is 24.9. The van der Waals surface area contributed by atoms with E-state index in [1.54, 1.807) is 24.3 Å². The second-order valence-corrected chi connectivity index (χ2v) is 10.0. The van der Waals surface area contributed by atoms with Crippen molar-refractivity contribution >= 4 is 27.5 Å². The summed E-state index contributed by atoms with van der Waals surface area (Å²) < 4.78 is 33.2. The first-order chi connectivity index (χ1) is 16.9. The van der Waals surface area contributed by atoms with E-state index >= 15 is 0 Å². The molecule has 0 aromatic heterocycles. The number of carbonyl (C=O) groups is 2. The van der Waals surface area contributed by atoms with E-state index in [0.717, 1.165) is 11.1 Å². The van der Waals surface area contributed by atoms with Crippen LogP contribution in [0.25, 0.3) is 0 Å². The molecule has 0 aliphatic carbocycles. The molecule has 8 nitrogen and oxygen atoms in total. The van der Waals surface area contributed by atoms with E-state index in [-0.39, 0.29) is 17.0 Å². The topological polar surface area (TPSA) is 105 Å². The summed E-state index contributed by atoms with van der Waals surface area (Å²) in [5.74, 6) is -0.242. The van der Waals surface area contributed by atoms with Gasteiger partial charge in [0.05, 0.1) is 18.0 Å². The molecule has 1 aliphatic rings. The summed E-state index contributed by atoms with van der Waals surface area (Å²) in [6.45, 7) is 2.84. The van der Waals surface area contributed by atoms with E-state index in [4.69, 9.17) is 4.74 Å². The van der Waals surface area contributed by atoms with Gasteiger partial charge in [0.1, 0.15) is 5.75 Å². The molecule has 1 aliphatic heterocycles. The van der Waals surface area contributed by atoms with Crippen LogP contribution in [0.2, 0.25) is 0 Å². The van der Waals surface area contributed by atoms with Crippen molar-refractivity contribution in [3.05, 3.63) is 89.5 Å². The zero-order valence-electron chi connectivity index (χ0n) is 19.4. The van der Waals surface area contributed by atoms with Crippen molar-refractivity contribution in [1.82, 2.24) is 9.62 Å². The first-order valence-corrected chi connectivity index (χ1v) is 12.8. The molecule has 4 rings (SSSR count). The molecule has 0 atom stereocenters. The molecule has 35 heavy (non-hydrogen) atoms. The molecule has 182 valence electrons. The van der Waals surface area contributed by atoms with Gasteiger partial charge in [0.25, 0.3) is 5.91 Å². The van der Waals surface area contributed by atoms with Gasteiger partial charge < -0.3 is 15.4 Å². The fourth-order valence-electron chi connectivity index (χ4n) is 3.89. The third-order valence-electron chi connectivity index (χ3n) is 5.69. The molecule has 9 heteroatoms. The van der Waals surface area contributed by atoms with Gasteiger partial charge in [0.15, 0.2) is 0 Å². The van der Waals surface area contributed by atoms with Gasteiger partial charge in [0.2, 0.25) is 15.9 Å². The number of sulfonamides is 1. The maximum atomic E-state index is 13.2. The predicted octanol–water partition coefficient (Wildman–Crippen LogP) is 3.20. The van der Waals surface area contributed by atoms with Crippen molar-refractivity contribution in [2.45, 2.75) is 24.8 Å². The van der Waals surface area contributed by atoms with Crippen LogP contribution < -0.4 is 15.4 Å². The molecule has 0 fully saturated rings. The second-order valence-electron chi connectivity index (χ2n) is 8.07. The van der Waals surface area contributed by atoms with Gasteiger partial charge in [0, 0.05) is 24.3 Å². The van der Waals surface area contributed by atoms with Crippen LogP contribution in [0.1, 0.15) is 28.4 Å². The quantitative estimate of drug-likeness (QED) is 0.502. The molecular weight excluding hydrogens is 466 g/mol. The van der Waals surface area contributed by atoms with Crippen molar-refractivity contribution in [2.75, 3.05) is 25.0 Å². The predicted molar refractivity (Wildman–Crippen MR) is 133 cm³/mol. The molecule has 0 radical (unpaired) electrons. The fraction of sp³-hybridized carbons (Fsp3) is 0.231. The number of fused-ring (bicyclic) bond motifs is 1. The average Bonchev–Trinajstić information content (AvgIpc) is 2.88. The number of nitrogens with one attached hydrogen (secondary N) is 2. The van der Waals surface area contributed by atoms with Crippen molar-refractivity contribution in [3.8, 4) is 5.75 Å². The summed E-state index contributed by atoms with van der Waals surface area (Å²) in [5, 5.41) is 5.23. The minimum Gasteiger partial charge on any atom is -0.494 e. The van der Waals surface area contributed by atoms with Crippen molar-refractivity contribution in [3.63, 3.8) is 0 Å². The first kappa shape index (κ1) is 24.4. The van der Waals surface area contributed by atoms with Gasteiger partial charge in [-0.25, -0.2) is 8.42 Å². The molecule has 0 saturated carbocycles. The van der Waals surface area contributed by atoms with E-state index in [1.165, 1.54) is 28.6 Å². The van der Waals surface area contributed by atoms with Gasteiger partial charge in [-0.2, -0.15) is 4.31 Å². The van der Waals surface area contributed by atoms with Gasteiger partial charge >= 0.3 is 0 Å². The Balaban J connectivity index is 1.37. The maximum absolute atomic E-state index is 13.2. The fourth-order valence-corrected chi connectivity index (χ4v) is 5.36. The van der Waals surface area contributed by atoms with Crippen LogP contribution >= 0.6 is 0 Å². The van der Waals surface area contributed by atoms with E-state index < -0.39 is 21.8 Å². The Morgan fingerprint density at radius 3 is 2.46 bits per heavy atom. The minimum absolute atomic E-state index is 0.0448. The van der Waals surface area contributed by atoms with E-state index in [9.17, 15) is 18.0 Å². The van der Waals surface area contributed by atoms with Gasteiger partial charge in [-0.05, 0) is 66.9 Å². The lowest BCUT2D eigenvalue weighted by atomic mass is 10.0. The Morgan fingerprint density at radius 2 is 1.71 bits per heavy atom. The summed E-state index contributed by atoms with van der Waals surface area (Å²) in [6.07, 6.45) is 0.638. The van der Waals surface area contributed by atoms with E-state index in [2.05, 4.69) is 10.6 Å². The number of nitrogens with zero attached hydrogens (tertiary/aromatic N) is 1. The molecule has 0 unspecified atom stereocenters. The number of amides is 2. The minimum atomic E-state index is -3.78. The molecule has 2 N–H and O–H groups in total. The van der Waals surface area contributed by atoms with E-state index in [1.807, 2.05) is 31.2 Å². The molecule has 2 amide bonds. The largest absolute Gasteiger partial charge is 0.494 e. The lowest BCUT2D eigenvalue weighted by molar-refractivity contribution is -0.115. The van der Waals surface area contributed by atoms with Crippen LogP contribution in [0, 0.1) is 0 Å². The highest BCUT2D eigenvalue weighted by Gasteiger charge is 2.28. The van der Waals surface area contributed by atoms with Crippen LogP contribution in [-0.4, -0.2) is 44.2 Å². The normalized spacial score (nSPS) is 13.5. The standard InChI is InChI=1S/C26H27N3O5S/c1-2-34-23-12-10-22(11-13-23)28-25(30)17-27-26(31)20-8-5-9-24(16-20)35(32,33)29-15-14-19-6-3-4-7-21(19)18-29/h3-13,16H,2,14-15,17-18H2,1H3,(H,27,31)(H,28,30). The van der Waals surface area contributed by atoms with Gasteiger partial charge in [-0.3, -0.25) is 9.59 Å². The maximum Gasteiger partial charge on any atom is 0.251 e. The summed E-state index contributed by atoms with van der Waals surface area (Å²) in [6, 6.07) is 20.5. The number of benzene rings is 3. The molecule has 3 aromatic rings. The molecular formula is C26H27N3O5S. The average molecular weight is 494 g/mol. The van der Waals surface area contributed by atoms with Crippen LogP contribution in [0.3, 0.4) is 0 Å². The highest BCUT2D eigenvalue weighted by Crippen LogP contribution is 2.25. The zero-order valence-corrected chi connectivity index (χ0v) is 20.2. The first-order valence-electron chi connectivity index (χ1n) is 11.3. The third kappa shape index (κ3) is 5.87. The molecule has 0 bridgehead atoms. The summed E-state index contributed by atoms with van der Waals surface area (Å²) in [5.41, 5.74) is 2.87. The Bertz CT molecular complexity index is 1320. The highest BCUT2D eigenvalue weighted by molar-refractivity contribution is 7.89. The van der Waals surface area contributed by atoms with Crippen molar-refractivity contribution in [2.24, 2.45) is 0 Å². The Labute approximate surface area is 205 Å². The number of hydrogen-bond donors (Lipinski definition) is 2. The van der Waals surface area contributed by atoms with Crippen LogP contribution in [0.15, 0.2) is 77.7 Å². The van der Waals surface area contributed by atoms with Gasteiger partial charge in [-0.15, -0.1) is 0 Å². The van der Waals surface area contributed by atoms with Crippen molar-refractivity contribution < 1.29 is 22.7 Å².